The second kappa shape index (κ2) is 10.9. The number of aliphatic hydroxyl groups excluding tert-OH is 2. The third kappa shape index (κ3) is 9.03. The smallest absolute Gasteiger partial charge is 0.394 e. The van der Waals surface area contributed by atoms with Gasteiger partial charge in [-0.25, -0.2) is 4.57 Å². The van der Waals surface area contributed by atoms with Crippen molar-refractivity contribution in [3.63, 3.8) is 0 Å². The van der Waals surface area contributed by atoms with Gasteiger partial charge in [-0.05, 0) is 12.8 Å². The predicted molar refractivity (Wildman–Crippen MR) is 68.4 cm³/mol. The van der Waals surface area contributed by atoms with Crippen LogP contribution >= 0.6 is 7.82 Å². The highest BCUT2D eigenvalue weighted by Gasteiger charge is 2.27. The van der Waals surface area contributed by atoms with Crippen LogP contribution in [-0.4, -0.2) is 42.7 Å². The Hall–Kier alpha value is 0.0300. The molecule has 0 heterocycles. The molecule has 0 aliphatic carbocycles. The second-order valence-electron chi connectivity index (χ2n) is 3.95. The number of hydrogen-bond donors (Lipinski definition) is 2. The van der Waals surface area contributed by atoms with Crippen molar-refractivity contribution in [2.75, 3.05) is 26.4 Å². The molecule has 2 N–H and O–H groups in total. The summed E-state index contributed by atoms with van der Waals surface area (Å²) < 4.78 is 27.4. The molecule has 18 heavy (non-hydrogen) atoms. The highest BCUT2D eigenvalue weighted by atomic mass is 31.2. The molecule has 0 saturated heterocycles. The minimum Gasteiger partial charge on any atom is -0.394 e. The van der Waals surface area contributed by atoms with Crippen molar-refractivity contribution in [3.8, 4) is 0 Å². The van der Waals surface area contributed by atoms with Crippen molar-refractivity contribution in [1.82, 2.24) is 0 Å². The van der Waals surface area contributed by atoms with E-state index in [4.69, 9.17) is 23.8 Å². The van der Waals surface area contributed by atoms with Gasteiger partial charge >= 0.3 is 7.82 Å². The molecule has 0 rings (SSSR count). The first-order chi connectivity index (χ1) is 8.58. The number of phosphoric ester groups is 1. The maximum absolute atomic E-state index is 12.1. The van der Waals surface area contributed by atoms with E-state index in [2.05, 4.69) is 0 Å². The average molecular weight is 284 g/mol. The molecular weight excluding hydrogens is 259 g/mol. The Labute approximate surface area is 109 Å². The number of hydrogen-bond acceptors (Lipinski definition) is 6. The lowest BCUT2D eigenvalue weighted by Gasteiger charge is -2.19. The summed E-state index contributed by atoms with van der Waals surface area (Å²) in [5.41, 5.74) is 0. The molecule has 1 atom stereocenters. The van der Waals surface area contributed by atoms with Crippen LogP contribution < -0.4 is 0 Å². The summed E-state index contributed by atoms with van der Waals surface area (Å²) in [7, 11) is -3.62. The number of rotatable bonds is 12. The number of aliphatic hydroxyl groups is 2. The molecule has 0 aromatic heterocycles. The van der Waals surface area contributed by atoms with Gasteiger partial charge in [0.25, 0.3) is 0 Å². The third-order valence-electron chi connectivity index (χ3n) is 2.13. The third-order valence-corrected chi connectivity index (χ3v) is 3.59. The minimum absolute atomic E-state index is 0.272. The van der Waals surface area contributed by atoms with Crippen LogP contribution in [0.1, 0.15) is 39.5 Å². The van der Waals surface area contributed by atoms with E-state index < -0.39 is 20.5 Å². The van der Waals surface area contributed by atoms with Crippen LogP contribution in [0.3, 0.4) is 0 Å². The maximum atomic E-state index is 12.1. The molecule has 0 fully saturated rings. The van der Waals surface area contributed by atoms with Crippen LogP contribution in [0.25, 0.3) is 0 Å². The molecule has 6 nitrogen and oxygen atoms in total. The van der Waals surface area contributed by atoms with Crippen molar-refractivity contribution < 1.29 is 28.3 Å². The van der Waals surface area contributed by atoms with Crippen molar-refractivity contribution in [2.24, 2.45) is 0 Å². The van der Waals surface area contributed by atoms with E-state index in [0.717, 1.165) is 25.7 Å². The summed E-state index contributed by atoms with van der Waals surface area (Å²) >= 11 is 0. The fourth-order valence-electron chi connectivity index (χ4n) is 0.983. The molecule has 0 aliphatic heterocycles. The van der Waals surface area contributed by atoms with E-state index in [1.54, 1.807) is 0 Å². The van der Waals surface area contributed by atoms with Gasteiger partial charge in [-0.2, -0.15) is 0 Å². The first kappa shape index (κ1) is 18.0. The maximum Gasteiger partial charge on any atom is 0.474 e. The first-order valence-electron chi connectivity index (χ1n) is 6.40. The number of unbranched alkanes of at least 4 members (excludes halogenated alkanes) is 2. The zero-order chi connectivity index (χ0) is 13.9. The molecule has 7 heteroatoms. The topological polar surface area (TPSA) is 85.2 Å². The van der Waals surface area contributed by atoms with E-state index >= 15 is 0 Å². The summed E-state index contributed by atoms with van der Waals surface area (Å²) in [6.07, 6.45) is 2.26. The molecule has 0 spiro atoms. The van der Waals surface area contributed by atoms with Crippen LogP contribution in [-0.2, 0) is 18.1 Å². The quantitative estimate of drug-likeness (QED) is 0.421. The Kier molecular flexibility index (Phi) is 10.9. The van der Waals surface area contributed by atoms with Gasteiger partial charge in [0.2, 0.25) is 0 Å². The van der Waals surface area contributed by atoms with Crippen LogP contribution in [0.5, 0.6) is 0 Å². The molecule has 110 valence electrons. The highest BCUT2D eigenvalue weighted by Crippen LogP contribution is 2.49. The lowest BCUT2D eigenvalue weighted by atomic mass is 10.4. The van der Waals surface area contributed by atoms with E-state index in [-0.39, 0.29) is 19.8 Å². The molecule has 0 aromatic carbocycles. The summed E-state index contributed by atoms with van der Waals surface area (Å²) in [5.74, 6) is 0. The molecule has 0 aromatic rings. The summed E-state index contributed by atoms with van der Waals surface area (Å²) in [6.45, 7) is 3.82. The van der Waals surface area contributed by atoms with E-state index in [1.165, 1.54) is 0 Å². The van der Waals surface area contributed by atoms with Gasteiger partial charge in [0, 0.05) is 0 Å². The first-order valence-corrected chi connectivity index (χ1v) is 7.86. The molecule has 0 radical (unpaired) electrons. The van der Waals surface area contributed by atoms with Gasteiger partial charge in [0.15, 0.2) is 0 Å². The highest BCUT2D eigenvalue weighted by molar-refractivity contribution is 7.48. The fraction of sp³-hybridized carbons (Fsp3) is 1.00. The van der Waals surface area contributed by atoms with Crippen molar-refractivity contribution in [2.45, 2.75) is 45.6 Å². The normalized spacial score (nSPS) is 13.8. The average Bonchev–Trinajstić information content (AvgIpc) is 2.37. The van der Waals surface area contributed by atoms with Gasteiger partial charge in [-0.15, -0.1) is 0 Å². The number of phosphoric acid groups is 1. The standard InChI is InChI=1S/C11H25O6P/c1-3-5-7-15-18(14,16-8-6-4-2)17-10-11(13)9-12/h11-13H,3-10H2,1-2H3. The lowest BCUT2D eigenvalue weighted by molar-refractivity contribution is 0.0288. The van der Waals surface area contributed by atoms with Gasteiger partial charge in [0.05, 0.1) is 26.4 Å². The van der Waals surface area contributed by atoms with E-state index in [0.29, 0.717) is 0 Å². The zero-order valence-corrected chi connectivity index (χ0v) is 12.1. The summed E-state index contributed by atoms with van der Waals surface area (Å²) in [6, 6.07) is 0. The van der Waals surface area contributed by atoms with E-state index in [9.17, 15) is 4.57 Å². The Morgan fingerprint density at radius 3 is 1.94 bits per heavy atom. The largest absolute Gasteiger partial charge is 0.474 e. The van der Waals surface area contributed by atoms with Crippen molar-refractivity contribution in [3.05, 3.63) is 0 Å². The molecule has 1 unspecified atom stereocenters. The van der Waals surface area contributed by atoms with Crippen molar-refractivity contribution in [1.29, 1.82) is 0 Å². The van der Waals surface area contributed by atoms with Gasteiger partial charge in [0.1, 0.15) is 6.10 Å². The predicted octanol–water partition coefficient (Wildman–Crippen LogP) is 2.10. The van der Waals surface area contributed by atoms with Crippen molar-refractivity contribution >= 4 is 7.82 Å². The second-order valence-corrected chi connectivity index (χ2v) is 5.62. The van der Waals surface area contributed by atoms with E-state index in [1.807, 2.05) is 13.8 Å². The molecule has 0 saturated carbocycles. The Morgan fingerprint density at radius 2 is 1.56 bits per heavy atom. The molecule has 0 aliphatic rings. The van der Waals surface area contributed by atoms with Crippen LogP contribution in [0.15, 0.2) is 0 Å². The van der Waals surface area contributed by atoms with Gasteiger partial charge in [-0.1, -0.05) is 26.7 Å². The monoisotopic (exact) mass is 284 g/mol. The summed E-state index contributed by atoms with van der Waals surface area (Å²) in [5, 5.41) is 17.8. The summed E-state index contributed by atoms with van der Waals surface area (Å²) in [4.78, 5) is 0. The molecule has 0 bridgehead atoms. The zero-order valence-electron chi connectivity index (χ0n) is 11.2. The van der Waals surface area contributed by atoms with Crippen LogP contribution in [0.2, 0.25) is 0 Å². The SMILES string of the molecule is CCCCOP(=O)(OCCCC)OCC(O)CO. The molecule has 0 amide bonds. The minimum atomic E-state index is -3.62. The fourth-order valence-corrected chi connectivity index (χ4v) is 2.27. The lowest BCUT2D eigenvalue weighted by Crippen LogP contribution is -2.19. The van der Waals surface area contributed by atoms with Crippen LogP contribution in [0, 0.1) is 0 Å². The van der Waals surface area contributed by atoms with Gasteiger partial charge < -0.3 is 10.2 Å². The van der Waals surface area contributed by atoms with Gasteiger partial charge in [-0.3, -0.25) is 13.6 Å². The van der Waals surface area contributed by atoms with Crippen LogP contribution in [0.4, 0.5) is 0 Å². The Balaban J connectivity index is 4.16. The Morgan fingerprint density at radius 1 is 1.06 bits per heavy atom. The molecular formula is C11H25O6P. The Bertz CT molecular complexity index is 222.